The van der Waals surface area contributed by atoms with Gasteiger partial charge >= 0.3 is 0 Å². The molecule has 0 amide bonds. The van der Waals surface area contributed by atoms with Gasteiger partial charge in [0.2, 0.25) is 0 Å². The summed E-state index contributed by atoms with van der Waals surface area (Å²) in [6.07, 6.45) is 0. The predicted octanol–water partition coefficient (Wildman–Crippen LogP) is 5.51. The number of halogens is 4. The Morgan fingerprint density at radius 3 is 2.50 bits per heavy atom. The molecule has 0 aliphatic heterocycles. The van der Waals surface area contributed by atoms with E-state index in [-0.39, 0.29) is 5.82 Å². The van der Waals surface area contributed by atoms with Crippen molar-refractivity contribution in [2.45, 2.75) is 6.54 Å². The third-order valence-corrected chi connectivity index (χ3v) is 4.23. The van der Waals surface area contributed by atoms with Gasteiger partial charge < -0.3 is 5.32 Å². The van der Waals surface area contributed by atoms with Crippen LogP contribution in [0.5, 0.6) is 0 Å². The molecule has 0 radical (unpaired) electrons. The maximum atomic E-state index is 13.4. The second kappa shape index (κ2) is 5.91. The highest BCUT2D eigenvalue weighted by molar-refractivity contribution is 9.10. The van der Waals surface area contributed by atoms with Crippen LogP contribution in [0.1, 0.15) is 5.56 Å². The van der Waals surface area contributed by atoms with E-state index in [4.69, 9.17) is 23.2 Å². The molecule has 2 aromatic rings. The molecular formula is C13H9BrCl2FN. The van der Waals surface area contributed by atoms with Gasteiger partial charge in [-0.05, 0) is 34.1 Å². The lowest BCUT2D eigenvalue weighted by molar-refractivity contribution is 0.613. The van der Waals surface area contributed by atoms with Gasteiger partial charge in [0.1, 0.15) is 5.82 Å². The van der Waals surface area contributed by atoms with Crippen LogP contribution in [0.15, 0.2) is 40.9 Å². The molecule has 2 rings (SSSR count). The second-order valence-electron chi connectivity index (χ2n) is 3.67. The molecule has 0 unspecified atom stereocenters. The lowest BCUT2D eigenvalue weighted by Gasteiger charge is -2.10. The molecule has 0 fully saturated rings. The molecule has 1 nitrogen and oxygen atoms in total. The molecule has 0 saturated heterocycles. The summed E-state index contributed by atoms with van der Waals surface area (Å²) in [5.74, 6) is -0.246. The summed E-state index contributed by atoms with van der Waals surface area (Å²) in [4.78, 5) is 0. The van der Waals surface area contributed by atoms with E-state index in [0.29, 0.717) is 27.8 Å². The highest BCUT2D eigenvalue weighted by atomic mass is 79.9. The first-order valence-electron chi connectivity index (χ1n) is 5.20. The normalized spacial score (nSPS) is 10.4. The van der Waals surface area contributed by atoms with E-state index in [2.05, 4.69) is 21.2 Å². The van der Waals surface area contributed by atoms with Gasteiger partial charge in [0.25, 0.3) is 0 Å². The Bertz CT molecular complexity index is 575. The minimum atomic E-state index is -0.246. The fraction of sp³-hybridized carbons (Fsp3) is 0.0769. The standard InChI is InChI=1S/C13H9BrCl2FN/c14-9-5-6-11(13(16)12(9)15)18-7-8-3-1-2-4-10(8)17/h1-6,18H,7H2. The van der Waals surface area contributed by atoms with Crippen molar-refractivity contribution in [1.29, 1.82) is 0 Å². The zero-order valence-corrected chi connectivity index (χ0v) is 12.3. The zero-order chi connectivity index (χ0) is 13.1. The van der Waals surface area contributed by atoms with Crippen LogP contribution in [0.2, 0.25) is 10.0 Å². The first-order valence-corrected chi connectivity index (χ1v) is 6.75. The van der Waals surface area contributed by atoms with Gasteiger partial charge in [-0.25, -0.2) is 4.39 Å². The fourth-order valence-electron chi connectivity index (χ4n) is 1.49. The molecular weight excluding hydrogens is 340 g/mol. The van der Waals surface area contributed by atoms with Gasteiger partial charge in [-0.3, -0.25) is 0 Å². The van der Waals surface area contributed by atoms with Crippen molar-refractivity contribution in [3.8, 4) is 0 Å². The van der Waals surface area contributed by atoms with Gasteiger partial charge in [-0.1, -0.05) is 41.4 Å². The summed E-state index contributed by atoms with van der Waals surface area (Å²) in [6.45, 7) is 0.352. The number of anilines is 1. The minimum absolute atomic E-state index is 0.246. The minimum Gasteiger partial charge on any atom is -0.380 e. The SMILES string of the molecule is Fc1ccccc1CNc1ccc(Br)c(Cl)c1Cl. The topological polar surface area (TPSA) is 12.0 Å². The van der Waals surface area contributed by atoms with E-state index in [9.17, 15) is 4.39 Å². The van der Waals surface area contributed by atoms with Crippen molar-refractivity contribution in [3.63, 3.8) is 0 Å². The van der Waals surface area contributed by atoms with E-state index >= 15 is 0 Å². The number of hydrogen-bond donors (Lipinski definition) is 1. The molecule has 0 bridgehead atoms. The number of nitrogens with one attached hydrogen (secondary N) is 1. The molecule has 0 spiro atoms. The van der Waals surface area contributed by atoms with Gasteiger partial charge in [-0.15, -0.1) is 0 Å². The number of benzene rings is 2. The molecule has 0 saturated carbocycles. The first-order chi connectivity index (χ1) is 8.59. The molecule has 0 aromatic heterocycles. The van der Waals surface area contributed by atoms with Crippen LogP contribution in [0.25, 0.3) is 0 Å². The van der Waals surface area contributed by atoms with Crippen molar-refractivity contribution in [1.82, 2.24) is 0 Å². The van der Waals surface area contributed by atoms with Crippen LogP contribution in [0, 0.1) is 5.82 Å². The molecule has 0 aliphatic carbocycles. The van der Waals surface area contributed by atoms with Crippen LogP contribution in [-0.2, 0) is 6.54 Å². The maximum Gasteiger partial charge on any atom is 0.128 e. The summed E-state index contributed by atoms with van der Waals surface area (Å²) < 4.78 is 14.2. The predicted molar refractivity (Wildman–Crippen MR) is 77.9 cm³/mol. The van der Waals surface area contributed by atoms with Crippen molar-refractivity contribution >= 4 is 44.8 Å². The largest absolute Gasteiger partial charge is 0.380 e. The molecule has 5 heteroatoms. The van der Waals surface area contributed by atoms with Crippen LogP contribution in [-0.4, -0.2) is 0 Å². The van der Waals surface area contributed by atoms with Crippen molar-refractivity contribution in [2.24, 2.45) is 0 Å². The highest BCUT2D eigenvalue weighted by Crippen LogP contribution is 2.35. The summed E-state index contributed by atoms with van der Waals surface area (Å²) in [5, 5.41) is 3.92. The summed E-state index contributed by atoms with van der Waals surface area (Å²) in [6, 6.07) is 10.2. The quantitative estimate of drug-likeness (QED) is 0.721. The van der Waals surface area contributed by atoms with E-state index in [0.717, 1.165) is 4.47 Å². The average Bonchev–Trinajstić information content (AvgIpc) is 2.37. The molecule has 2 aromatic carbocycles. The Morgan fingerprint density at radius 1 is 1.06 bits per heavy atom. The van der Waals surface area contributed by atoms with E-state index in [1.165, 1.54) is 6.07 Å². The van der Waals surface area contributed by atoms with Gasteiger partial charge in [0.05, 0.1) is 15.7 Å². The van der Waals surface area contributed by atoms with Gasteiger partial charge in [0.15, 0.2) is 0 Å². The van der Waals surface area contributed by atoms with Crippen LogP contribution >= 0.6 is 39.1 Å². The molecule has 94 valence electrons. The van der Waals surface area contributed by atoms with Crippen molar-refractivity contribution < 1.29 is 4.39 Å². The summed E-state index contributed by atoms with van der Waals surface area (Å²) >= 11 is 15.4. The Kier molecular flexibility index (Phi) is 4.49. The average molecular weight is 349 g/mol. The zero-order valence-electron chi connectivity index (χ0n) is 9.18. The van der Waals surface area contributed by atoms with Gasteiger partial charge in [0, 0.05) is 16.6 Å². The van der Waals surface area contributed by atoms with Crippen LogP contribution in [0.3, 0.4) is 0 Å². The summed E-state index contributed by atoms with van der Waals surface area (Å²) in [7, 11) is 0. The second-order valence-corrected chi connectivity index (χ2v) is 5.28. The third kappa shape index (κ3) is 2.97. The Labute approximate surface area is 123 Å². The molecule has 0 atom stereocenters. The molecule has 1 N–H and O–H groups in total. The maximum absolute atomic E-state index is 13.4. The van der Waals surface area contributed by atoms with Crippen LogP contribution < -0.4 is 5.32 Å². The Balaban J connectivity index is 2.17. The lowest BCUT2D eigenvalue weighted by Crippen LogP contribution is -2.02. The smallest absolute Gasteiger partial charge is 0.128 e. The van der Waals surface area contributed by atoms with E-state index < -0.39 is 0 Å². The van der Waals surface area contributed by atoms with Crippen LogP contribution in [0.4, 0.5) is 10.1 Å². The Hall–Kier alpha value is -0.770. The van der Waals surface area contributed by atoms with E-state index in [1.807, 2.05) is 0 Å². The molecule has 0 heterocycles. The monoisotopic (exact) mass is 347 g/mol. The Morgan fingerprint density at radius 2 is 1.78 bits per heavy atom. The molecule has 18 heavy (non-hydrogen) atoms. The molecule has 0 aliphatic rings. The third-order valence-electron chi connectivity index (χ3n) is 2.46. The highest BCUT2D eigenvalue weighted by Gasteiger charge is 2.08. The fourth-order valence-corrected chi connectivity index (χ4v) is 2.34. The van der Waals surface area contributed by atoms with Crippen molar-refractivity contribution in [3.05, 3.63) is 62.3 Å². The number of rotatable bonds is 3. The van der Waals surface area contributed by atoms with Gasteiger partial charge in [-0.2, -0.15) is 0 Å². The van der Waals surface area contributed by atoms with Crippen molar-refractivity contribution in [2.75, 3.05) is 5.32 Å². The lowest BCUT2D eigenvalue weighted by atomic mass is 10.2. The summed E-state index contributed by atoms with van der Waals surface area (Å²) in [5.41, 5.74) is 1.25. The van der Waals surface area contributed by atoms with E-state index in [1.54, 1.807) is 30.3 Å². The first kappa shape index (κ1) is 13.7. The number of hydrogen-bond acceptors (Lipinski definition) is 1.